The first-order valence-corrected chi connectivity index (χ1v) is 5.79. The Morgan fingerprint density at radius 3 is 2.78 bits per heavy atom. The van der Waals surface area contributed by atoms with E-state index in [-0.39, 0.29) is 23.1 Å². The first-order chi connectivity index (χ1) is 8.70. The van der Waals surface area contributed by atoms with Crippen molar-refractivity contribution < 1.29 is 13.9 Å². The third-order valence-electron chi connectivity index (χ3n) is 2.95. The summed E-state index contributed by atoms with van der Waals surface area (Å²) < 4.78 is 18.7. The predicted octanol–water partition coefficient (Wildman–Crippen LogP) is 2.06. The van der Waals surface area contributed by atoms with Gasteiger partial charge in [-0.2, -0.15) is 5.26 Å². The van der Waals surface area contributed by atoms with Crippen LogP contribution in [0, 0.1) is 23.1 Å². The smallest absolute Gasteiger partial charge is 0.227 e. The van der Waals surface area contributed by atoms with Crippen molar-refractivity contribution in [3.8, 4) is 6.07 Å². The average molecular weight is 248 g/mol. The maximum Gasteiger partial charge on any atom is 0.227 e. The average Bonchev–Trinajstić information content (AvgIpc) is 2.42. The van der Waals surface area contributed by atoms with Gasteiger partial charge < -0.3 is 10.1 Å². The molecular weight excluding hydrogens is 235 g/mol. The van der Waals surface area contributed by atoms with E-state index in [0.717, 1.165) is 6.07 Å². The molecule has 0 bridgehead atoms. The van der Waals surface area contributed by atoms with Crippen molar-refractivity contribution in [2.24, 2.45) is 5.92 Å². The lowest BCUT2D eigenvalue weighted by atomic mass is 9.99. The fourth-order valence-corrected chi connectivity index (χ4v) is 1.88. The van der Waals surface area contributed by atoms with Gasteiger partial charge in [-0.3, -0.25) is 4.79 Å². The molecule has 0 spiro atoms. The van der Waals surface area contributed by atoms with Crippen molar-refractivity contribution in [1.82, 2.24) is 0 Å². The van der Waals surface area contributed by atoms with Gasteiger partial charge in [0.2, 0.25) is 5.91 Å². The highest BCUT2D eigenvalue weighted by molar-refractivity contribution is 5.92. The second-order valence-corrected chi connectivity index (χ2v) is 4.18. The third-order valence-corrected chi connectivity index (χ3v) is 2.95. The van der Waals surface area contributed by atoms with Gasteiger partial charge in [-0.1, -0.05) is 0 Å². The molecule has 18 heavy (non-hydrogen) atoms. The Morgan fingerprint density at radius 1 is 1.44 bits per heavy atom. The summed E-state index contributed by atoms with van der Waals surface area (Å²) in [6.07, 6.45) is 1.31. The largest absolute Gasteiger partial charge is 0.381 e. The van der Waals surface area contributed by atoms with Gasteiger partial charge in [0.05, 0.1) is 17.3 Å². The number of hydrogen-bond acceptors (Lipinski definition) is 3. The Bertz CT molecular complexity index is 490. The van der Waals surface area contributed by atoms with Gasteiger partial charge in [0.1, 0.15) is 5.82 Å². The fourth-order valence-electron chi connectivity index (χ4n) is 1.88. The zero-order valence-electron chi connectivity index (χ0n) is 9.78. The molecule has 0 aromatic heterocycles. The molecular formula is C13H13FN2O2. The molecule has 1 aromatic rings. The van der Waals surface area contributed by atoms with Crippen molar-refractivity contribution in [1.29, 1.82) is 5.26 Å². The van der Waals surface area contributed by atoms with Crippen molar-refractivity contribution in [2.45, 2.75) is 12.8 Å². The molecule has 4 nitrogen and oxygen atoms in total. The zero-order valence-corrected chi connectivity index (χ0v) is 9.78. The van der Waals surface area contributed by atoms with Gasteiger partial charge in [0, 0.05) is 19.1 Å². The van der Waals surface area contributed by atoms with Crippen LogP contribution in [0.15, 0.2) is 18.2 Å². The monoisotopic (exact) mass is 248 g/mol. The molecule has 1 amide bonds. The number of nitrogens with zero attached hydrogens (tertiary/aromatic N) is 1. The minimum atomic E-state index is -0.588. The third kappa shape index (κ3) is 2.84. The molecule has 1 saturated heterocycles. The lowest BCUT2D eigenvalue weighted by molar-refractivity contribution is -0.122. The summed E-state index contributed by atoms with van der Waals surface area (Å²) in [6.45, 7) is 1.13. The summed E-state index contributed by atoms with van der Waals surface area (Å²) in [5.74, 6) is -0.912. The molecule has 0 radical (unpaired) electrons. The van der Waals surface area contributed by atoms with Crippen LogP contribution in [0.4, 0.5) is 10.1 Å². The van der Waals surface area contributed by atoms with E-state index in [1.165, 1.54) is 12.1 Å². The van der Waals surface area contributed by atoms with E-state index < -0.39 is 5.82 Å². The molecule has 5 heteroatoms. The van der Waals surface area contributed by atoms with Gasteiger partial charge in [0.15, 0.2) is 0 Å². The lowest BCUT2D eigenvalue weighted by Gasteiger charge is -2.21. The highest BCUT2D eigenvalue weighted by atomic mass is 19.1. The number of nitrogens with one attached hydrogen (secondary N) is 1. The standard InChI is InChI=1S/C13H13FN2O2/c14-11-7-9(8-15)1-2-12(11)16-13(17)10-3-5-18-6-4-10/h1-2,7,10H,3-6H2,(H,16,17). The minimum Gasteiger partial charge on any atom is -0.381 e. The Labute approximate surface area is 104 Å². The number of carbonyl (C=O) groups is 1. The maximum atomic E-state index is 13.6. The number of rotatable bonds is 2. The van der Waals surface area contributed by atoms with Crippen LogP contribution in [0.25, 0.3) is 0 Å². The number of hydrogen-bond donors (Lipinski definition) is 1. The van der Waals surface area contributed by atoms with Crippen LogP contribution in [0.3, 0.4) is 0 Å². The summed E-state index contributed by atoms with van der Waals surface area (Å²) in [7, 11) is 0. The predicted molar refractivity (Wildman–Crippen MR) is 63.3 cm³/mol. The van der Waals surface area contributed by atoms with Crippen molar-refractivity contribution in [3.05, 3.63) is 29.6 Å². The molecule has 1 N–H and O–H groups in total. The van der Waals surface area contributed by atoms with E-state index in [2.05, 4.69) is 5.32 Å². The lowest BCUT2D eigenvalue weighted by Crippen LogP contribution is -2.28. The van der Waals surface area contributed by atoms with Crippen LogP contribution in [0.2, 0.25) is 0 Å². The maximum absolute atomic E-state index is 13.6. The Balaban J connectivity index is 2.04. The fraction of sp³-hybridized carbons (Fsp3) is 0.385. The molecule has 1 heterocycles. The summed E-state index contributed by atoms with van der Waals surface area (Å²) >= 11 is 0. The number of anilines is 1. The Morgan fingerprint density at radius 2 is 2.17 bits per heavy atom. The van der Waals surface area contributed by atoms with Gasteiger partial charge in [-0.05, 0) is 31.0 Å². The van der Waals surface area contributed by atoms with Crippen LogP contribution in [-0.4, -0.2) is 19.1 Å². The first-order valence-electron chi connectivity index (χ1n) is 5.79. The van der Waals surface area contributed by atoms with Gasteiger partial charge >= 0.3 is 0 Å². The molecule has 1 aliphatic heterocycles. The van der Waals surface area contributed by atoms with Gasteiger partial charge in [-0.15, -0.1) is 0 Å². The Kier molecular flexibility index (Phi) is 3.90. The number of halogens is 1. The molecule has 1 aromatic carbocycles. The van der Waals surface area contributed by atoms with E-state index in [9.17, 15) is 9.18 Å². The molecule has 1 aliphatic rings. The van der Waals surface area contributed by atoms with Crippen LogP contribution in [-0.2, 0) is 9.53 Å². The molecule has 94 valence electrons. The summed E-state index contributed by atoms with van der Waals surface area (Å²) in [4.78, 5) is 11.9. The number of ether oxygens (including phenoxy) is 1. The zero-order chi connectivity index (χ0) is 13.0. The molecule has 0 aliphatic carbocycles. The number of amides is 1. The minimum absolute atomic E-state index is 0.116. The van der Waals surface area contributed by atoms with Gasteiger partial charge in [-0.25, -0.2) is 4.39 Å². The number of benzene rings is 1. The highest BCUT2D eigenvalue weighted by Crippen LogP contribution is 2.20. The van der Waals surface area contributed by atoms with Crippen molar-refractivity contribution in [3.63, 3.8) is 0 Å². The quantitative estimate of drug-likeness (QED) is 0.871. The number of carbonyl (C=O) groups excluding carboxylic acids is 1. The van der Waals surface area contributed by atoms with Gasteiger partial charge in [0.25, 0.3) is 0 Å². The first kappa shape index (κ1) is 12.5. The van der Waals surface area contributed by atoms with E-state index in [1.807, 2.05) is 6.07 Å². The normalized spacial score (nSPS) is 16.0. The molecule has 0 saturated carbocycles. The molecule has 0 atom stereocenters. The Hall–Kier alpha value is -1.93. The molecule has 1 fully saturated rings. The summed E-state index contributed by atoms with van der Waals surface area (Å²) in [6, 6.07) is 5.84. The molecule has 2 rings (SSSR count). The van der Waals surface area contributed by atoms with Crippen LogP contribution < -0.4 is 5.32 Å². The van der Waals surface area contributed by atoms with E-state index in [0.29, 0.717) is 26.1 Å². The molecule has 0 unspecified atom stereocenters. The van der Waals surface area contributed by atoms with Crippen LogP contribution >= 0.6 is 0 Å². The summed E-state index contributed by atoms with van der Waals surface area (Å²) in [5, 5.41) is 11.2. The van der Waals surface area contributed by atoms with E-state index in [4.69, 9.17) is 10.00 Å². The number of nitriles is 1. The topological polar surface area (TPSA) is 62.1 Å². The van der Waals surface area contributed by atoms with Crippen molar-refractivity contribution >= 4 is 11.6 Å². The SMILES string of the molecule is N#Cc1ccc(NC(=O)C2CCOCC2)c(F)c1. The van der Waals surface area contributed by atoms with Crippen LogP contribution in [0.5, 0.6) is 0 Å². The van der Waals surface area contributed by atoms with E-state index in [1.54, 1.807) is 0 Å². The second kappa shape index (κ2) is 5.61. The summed E-state index contributed by atoms with van der Waals surface area (Å²) in [5.41, 5.74) is 0.349. The second-order valence-electron chi connectivity index (χ2n) is 4.18. The highest BCUT2D eigenvalue weighted by Gasteiger charge is 2.22. The van der Waals surface area contributed by atoms with Crippen LogP contribution in [0.1, 0.15) is 18.4 Å². The van der Waals surface area contributed by atoms with E-state index >= 15 is 0 Å². The van der Waals surface area contributed by atoms with Crippen molar-refractivity contribution in [2.75, 3.05) is 18.5 Å².